The second-order valence-corrected chi connectivity index (χ2v) is 9.73. The van der Waals surface area contributed by atoms with Crippen LogP contribution in [-0.4, -0.2) is 49.4 Å². The molecule has 3 heteroatoms. The predicted molar refractivity (Wildman–Crippen MR) is 126 cm³/mol. The van der Waals surface area contributed by atoms with Gasteiger partial charge in [-0.15, -0.1) is 0 Å². The zero-order valence-corrected chi connectivity index (χ0v) is 19.9. The summed E-state index contributed by atoms with van der Waals surface area (Å²) in [7, 11) is 4.40. The van der Waals surface area contributed by atoms with E-state index in [9.17, 15) is 5.11 Å². The summed E-state index contributed by atoms with van der Waals surface area (Å²) < 4.78 is 0.886. The summed E-state index contributed by atoms with van der Waals surface area (Å²) in [5.74, 6) is 0. The van der Waals surface area contributed by atoms with E-state index < -0.39 is 0 Å². The zero-order valence-electron chi connectivity index (χ0n) is 19.9. The summed E-state index contributed by atoms with van der Waals surface area (Å²) >= 11 is 0. The molecule has 0 aliphatic heterocycles. The van der Waals surface area contributed by atoms with Gasteiger partial charge in [-0.3, -0.25) is 0 Å². The Bertz CT molecular complexity index is 307. The molecule has 0 saturated heterocycles. The van der Waals surface area contributed by atoms with Gasteiger partial charge in [0.25, 0.3) is 0 Å². The smallest absolute Gasteiger partial charge is 0.105 e. The van der Waals surface area contributed by atoms with E-state index in [1.807, 2.05) is 0 Å². The van der Waals surface area contributed by atoms with E-state index in [-0.39, 0.29) is 6.10 Å². The Labute approximate surface area is 178 Å². The Morgan fingerprint density at radius 2 is 1.04 bits per heavy atom. The summed E-state index contributed by atoms with van der Waals surface area (Å²) in [5, 5.41) is 10.3. The molecule has 0 fully saturated rings. The van der Waals surface area contributed by atoms with Crippen molar-refractivity contribution in [3.8, 4) is 0 Å². The molecule has 0 aromatic heterocycles. The maximum Gasteiger partial charge on any atom is 0.105 e. The molecule has 0 rings (SSSR count). The van der Waals surface area contributed by atoms with Crippen molar-refractivity contribution < 1.29 is 9.59 Å². The third-order valence-corrected chi connectivity index (χ3v) is 6.06. The summed E-state index contributed by atoms with van der Waals surface area (Å²) in [4.78, 5) is 0. The normalized spacial score (nSPS) is 13.2. The summed E-state index contributed by atoms with van der Waals surface area (Å²) in [5.41, 5.74) is 5.60. The molecule has 1 atom stereocenters. The van der Waals surface area contributed by atoms with E-state index in [1.54, 1.807) is 0 Å². The zero-order chi connectivity index (χ0) is 20.9. The number of aliphatic hydroxyl groups excluding tert-OH is 1. The molecule has 0 spiro atoms. The molecular weight excluding hydrogens is 344 g/mol. The molecule has 0 aliphatic rings. The minimum Gasteiger partial charge on any atom is -0.387 e. The van der Waals surface area contributed by atoms with E-state index in [0.717, 1.165) is 37.0 Å². The lowest BCUT2D eigenvalue weighted by Gasteiger charge is -2.31. The lowest BCUT2D eigenvalue weighted by molar-refractivity contribution is -0.893. The van der Waals surface area contributed by atoms with Crippen molar-refractivity contribution in [1.29, 1.82) is 0 Å². The first-order chi connectivity index (χ1) is 13.5. The number of nitrogens with zero attached hydrogens (tertiary/aromatic N) is 1. The fraction of sp³-hybridized carbons (Fsp3) is 1.00. The minimum absolute atomic E-state index is 0.153. The number of unbranched alkanes of at least 4 members (excludes halogenated alkanes) is 15. The first-order valence-electron chi connectivity index (χ1n) is 12.7. The van der Waals surface area contributed by atoms with Crippen molar-refractivity contribution in [3.05, 3.63) is 0 Å². The molecule has 28 heavy (non-hydrogen) atoms. The first kappa shape index (κ1) is 27.9. The fourth-order valence-electron chi connectivity index (χ4n) is 4.20. The van der Waals surface area contributed by atoms with Crippen LogP contribution in [0.2, 0.25) is 0 Å². The summed E-state index contributed by atoms with van der Waals surface area (Å²) in [6.45, 7) is 4.96. The Morgan fingerprint density at radius 1 is 0.643 bits per heavy atom. The highest BCUT2D eigenvalue weighted by Gasteiger charge is 2.19. The van der Waals surface area contributed by atoms with Gasteiger partial charge < -0.3 is 15.3 Å². The van der Waals surface area contributed by atoms with Gasteiger partial charge in [0.2, 0.25) is 0 Å². The molecule has 170 valence electrons. The third-order valence-electron chi connectivity index (χ3n) is 6.06. The second kappa shape index (κ2) is 20.2. The van der Waals surface area contributed by atoms with Crippen LogP contribution in [0.25, 0.3) is 0 Å². The van der Waals surface area contributed by atoms with E-state index in [1.165, 1.54) is 103 Å². The van der Waals surface area contributed by atoms with Gasteiger partial charge in [-0.2, -0.15) is 0 Å². The van der Waals surface area contributed by atoms with E-state index in [0.29, 0.717) is 0 Å². The molecule has 0 aliphatic carbocycles. The maximum absolute atomic E-state index is 10.3. The SMILES string of the molecule is CCCCCCCCCCCCCCCCCCC(O)C[N+](C)(C)CCCN. The lowest BCUT2D eigenvalue weighted by atomic mass is 10.0. The number of hydrogen-bond donors (Lipinski definition) is 2. The van der Waals surface area contributed by atoms with Crippen molar-refractivity contribution >= 4 is 0 Å². The van der Waals surface area contributed by atoms with Gasteiger partial charge in [-0.1, -0.05) is 110 Å². The Kier molecular flexibility index (Phi) is 20.1. The van der Waals surface area contributed by atoms with Crippen molar-refractivity contribution in [2.75, 3.05) is 33.7 Å². The van der Waals surface area contributed by atoms with Gasteiger partial charge in [0, 0.05) is 6.42 Å². The number of likely N-dealkylation sites (N-methyl/N-ethyl adjacent to an activating group) is 1. The van der Waals surface area contributed by atoms with Gasteiger partial charge in [0.05, 0.1) is 20.6 Å². The fourth-order valence-corrected chi connectivity index (χ4v) is 4.20. The molecular formula is C25H55N2O+. The number of aliphatic hydroxyl groups is 1. The quantitative estimate of drug-likeness (QED) is 0.163. The van der Waals surface area contributed by atoms with Crippen molar-refractivity contribution in [1.82, 2.24) is 0 Å². The topological polar surface area (TPSA) is 46.2 Å². The van der Waals surface area contributed by atoms with Crippen LogP contribution in [-0.2, 0) is 0 Å². The molecule has 0 heterocycles. The Balaban J connectivity index is 3.27. The molecule has 0 aromatic carbocycles. The van der Waals surface area contributed by atoms with Gasteiger partial charge in [0.1, 0.15) is 12.6 Å². The van der Waals surface area contributed by atoms with Gasteiger partial charge in [0.15, 0.2) is 0 Å². The number of nitrogens with two attached hydrogens (primary N) is 1. The Morgan fingerprint density at radius 3 is 1.43 bits per heavy atom. The van der Waals surface area contributed by atoms with Crippen LogP contribution < -0.4 is 5.73 Å². The molecule has 3 N–H and O–H groups in total. The monoisotopic (exact) mass is 399 g/mol. The van der Waals surface area contributed by atoms with Crippen molar-refractivity contribution in [2.45, 2.75) is 129 Å². The van der Waals surface area contributed by atoms with E-state index in [4.69, 9.17) is 5.73 Å². The highest BCUT2D eigenvalue weighted by Crippen LogP contribution is 2.15. The van der Waals surface area contributed by atoms with E-state index in [2.05, 4.69) is 21.0 Å². The van der Waals surface area contributed by atoms with Crippen LogP contribution >= 0.6 is 0 Å². The standard InChI is InChI=1S/C25H55N2O/c1-4-5-6-7-8-9-10-11-12-13-14-15-16-17-18-19-21-25(28)24-27(2,3)23-20-22-26/h25,28H,4-24,26H2,1-3H3/q+1. The van der Waals surface area contributed by atoms with E-state index >= 15 is 0 Å². The highest BCUT2D eigenvalue weighted by atomic mass is 16.3. The average molecular weight is 400 g/mol. The van der Waals surface area contributed by atoms with Gasteiger partial charge in [-0.05, 0) is 13.0 Å². The van der Waals surface area contributed by atoms with Gasteiger partial charge in [-0.25, -0.2) is 0 Å². The average Bonchev–Trinajstić information content (AvgIpc) is 2.65. The lowest BCUT2D eigenvalue weighted by Crippen LogP contribution is -2.46. The van der Waals surface area contributed by atoms with Gasteiger partial charge >= 0.3 is 0 Å². The van der Waals surface area contributed by atoms with Crippen LogP contribution in [0.5, 0.6) is 0 Å². The van der Waals surface area contributed by atoms with Crippen LogP contribution in [0.3, 0.4) is 0 Å². The number of rotatable bonds is 22. The Hall–Kier alpha value is -0.120. The first-order valence-corrected chi connectivity index (χ1v) is 12.7. The molecule has 0 amide bonds. The minimum atomic E-state index is -0.153. The van der Waals surface area contributed by atoms with Crippen molar-refractivity contribution in [3.63, 3.8) is 0 Å². The predicted octanol–water partition coefficient (Wildman–Crippen LogP) is 6.42. The second-order valence-electron chi connectivity index (χ2n) is 9.73. The molecule has 0 bridgehead atoms. The molecule has 1 unspecified atom stereocenters. The maximum atomic E-state index is 10.3. The summed E-state index contributed by atoms with van der Waals surface area (Å²) in [6, 6.07) is 0. The molecule has 3 nitrogen and oxygen atoms in total. The van der Waals surface area contributed by atoms with Crippen LogP contribution in [0, 0.1) is 0 Å². The number of hydrogen-bond acceptors (Lipinski definition) is 2. The van der Waals surface area contributed by atoms with Crippen molar-refractivity contribution in [2.24, 2.45) is 5.73 Å². The third kappa shape index (κ3) is 20.6. The van der Waals surface area contributed by atoms with Crippen LogP contribution in [0.15, 0.2) is 0 Å². The van der Waals surface area contributed by atoms with Crippen LogP contribution in [0.1, 0.15) is 122 Å². The van der Waals surface area contributed by atoms with Crippen LogP contribution in [0.4, 0.5) is 0 Å². The molecule has 0 saturated carbocycles. The molecule has 0 radical (unpaired) electrons. The summed E-state index contributed by atoms with van der Waals surface area (Å²) in [6.07, 6.45) is 24.2. The molecule has 0 aromatic rings. The largest absolute Gasteiger partial charge is 0.387 e. The number of quaternary nitrogens is 1. The highest BCUT2D eigenvalue weighted by molar-refractivity contribution is 4.56.